The monoisotopic (exact) mass is 486 g/mol. The first-order valence-electron chi connectivity index (χ1n) is 11.5. The molecule has 2 aromatic rings. The van der Waals surface area contributed by atoms with Gasteiger partial charge in [-0.25, -0.2) is 14.6 Å². The number of carbonyl (C=O) groups is 2. The highest BCUT2D eigenvalue weighted by Crippen LogP contribution is 2.22. The molecule has 0 radical (unpaired) electrons. The van der Waals surface area contributed by atoms with E-state index in [0.717, 1.165) is 16.9 Å². The quantitative estimate of drug-likeness (QED) is 0.482. The van der Waals surface area contributed by atoms with Crippen molar-refractivity contribution in [3.63, 3.8) is 0 Å². The standard InChI is InChI=1S/C25H34N4O6/c1-25(2,3)35-24(31)33-20-15-29-19(13-16-5-7-18(32-4)8-6-16)22(20)34-23(30)28-12-10-17-9-11-27-21(26)14-17/h5-9,11,14,19-20,22,29H,10,12-13,15H2,1-4H3,(H2,26,27)(H,28,30)/t19-,20+,22+/m1/s1. The van der Waals surface area contributed by atoms with E-state index in [9.17, 15) is 9.59 Å². The maximum atomic E-state index is 12.6. The van der Waals surface area contributed by atoms with Crippen LogP contribution in [-0.4, -0.2) is 61.3 Å². The minimum Gasteiger partial charge on any atom is -0.497 e. The third kappa shape index (κ3) is 8.32. The number of anilines is 1. The normalized spacial score (nSPS) is 19.6. The minimum atomic E-state index is -0.807. The van der Waals surface area contributed by atoms with Crippen LogP contribution in [0.4, 0.5) is 15.4 Å². The lowest BCUT2D eigenvalue weighted by molar-refractivity contribution is -0.0517. The number of pyridine rings is 1. The number of hydrogen-bond acceptors (Lipinski definition) is 9. The Hall–Kier alpha value is -3.53. The van der Waals surface area contributed by atoms with Gasteiger partial charge in [0.15, 0.2) is 12.2 Å². The van der Waals surface area contributed by atoms with Crippen LogP contribution in [0.3, 0.4) is 0 Å². The van der Waals surface area contributed by atoms with E-state index in [-0.39, 0.29) is 6.04 Å². The van der Waals surface area contributed by atoms with Gasteiger partial charge >= 0.3 is 12.2 Å². The van der Waals surface area contributed by atoms with Gasteiger partial charge in [-0.15, -0.1) is 0 Å². The smallest absolute Gasteiger partial charge is 0.497 e. The number of ether oxygens (including phenoxy) is 4. The maximum Gasteiger partial charge on any atom is 0.509 e. The van der Waals surface area contributed by atoms with Crippen LogP contribution < -0.4 is 21.1 Å². The van der Waals surface area contributed by atoms with E-state index in [2.05, 4.69) is 15.6 Å². The first-order valence-corrected chi connectivity index (χ1v) is 11.5. The van der Waals surface area contributed by atoms with Crippen LogP contribution >= 0.6 is 0 Å². The minimum absolute atomic E-state index is 0.262. The zero-order chi connectivity index (χ0) is 25.4. The summed E-state index contributed by atoms with van der Waals surface area (Å²) in [5, 5.41) is 6.06. The molecule has 35 heavy (non-hydrogen) atoms. The zero-order valence-corrected chi connectivity index (χ0v) is 20.6. The highest BCUT2D eigenvalue weighted by atomic mass is 16.7. The van der Waals surface area contributed by atoms with Crippen molar-refractivity contribution < 1.29 is 28.5 Å². The summed E-state index contributed by atoms with van der Waals surface area (Å²) in [5.74, 6) is 1.17. The molecule has 1 saturated heterocycles. The number of carbonyl (C=O) groups excluding carboxylic acids is 2. The highest BCUT2D eigenvalue weighted by molar-refractivity contribution is 5.67. The molecule has 1 aliphatic heterocycles. The first-order chi connectivity index (χ1) is 16.6. The molecular weight excluding hydrogens is 452 g/mol. The summed E-state index contributed by atoms with van der Waals surface area (Å²) in [4.78, 5) is 28.8. The van der Waals surface area contributed by atoms with Crippen molar-refractivity contribution in [1.82, 2.24) is 15.6 Å². The summed E-state index contributed by atoms with van der Waals surface area (Å²) < 4.78 is 21.8. The van der Waals surface area contributed by atoms with E-state index in [0.29, 0.717) is 31.7 Å². The molecule has 1 aromatic carbocycles. The number of nitrogens with one attached hydrogen (secondary N) is 2. The second-order valence-corrected chi connectivity index (χ2v) is 9.32. The number of hydrogen-bond donors (Lipinski definition) is 3. The summed E-state index contributed by atoms with van der Waals surface area (Å²) in [5.41, 5.74) is 6.97. The van der Waals surface area contributed by atoms with Crippen LogP contribution in [0.15, 0.2) is 42.6 Å². The Kier molecular flexibility index (Phi) is 8.75. The molecule has 1 amide bonds. The predicted molar refractivity (Wildman–Crippen MR) is 130 cm³/mol. The van der Waals surface area contributed by atoms with E-state index in [1.165, 1.54) is 0 Å². The molecule has 0 aliphatic carbocycles. The third-order valence-electron chi connectivity index (χ3n) is 5.37. The molecule has 1 aromatic heterocycles. The molecule has 10 nitrogen and oxygen atoms in total. The van der Waals surface area contributed by atoms with Gasteiger partial charge in [0.2, 0.25) is 0 Å². The molecule has 3 atom stereocenters. The van der Waals surface area contributed by atoms with Gasteiger partial charge in [-0.3, -0.25) is 0 Å². The van der Waals surface area contributed by atoms with E-state index < -0.39 is 30.1 Å². The highest BCUT2D eigenvalue weighted by Gasteiger charge is 2.42. The number of nitrogens with two attached hydrogens (primary N) is 1. The maximum absolute atomic E-state index is 12.6. The molecule has 2 heterocycles. The molecule has 10 heteroatoms. The lowest BCUT2D eigenvalue weighted by atomic mass is 10.0. The zero-order valence-electron chi connectivity index (χ0n) is 20.6. The number of alkyl carbamates (subject to hydrolysis) is 1. The molecule has 0 bridgehead atoms. The van der Waals surface area contributed by atoms with Gasteiger partial charge in [0, 0.05) is 19.3 Å². The third-order valence-corrected chi connectivity index (χ3v) is 5.37. The van der Waals surface area contributed by atoms with Crippen LogP contribution in [-0.2, 0) is 27.1 Å². The Morgan fingerprint density at radius 2 is 1.89 bits per heavy atom. The van der Waals surface area contributed by atoms with Crippen molar-refractivity contribution in [3.8, 4) is 5.75 Å². The molecule has 0 unspecified atom stereocenters. The van der Waals surface area contributed by atoms with Crippen molar-refractivity contribution >= 4 is 18.1 Å². The number of nitrogen functional groups attached to an aromatic ring is 1. The number of aromatic nitrogens is 1. The average molecular weight is 487 g/mol. The van der Waals surface area contributed by atoms with Crippen molar-refractivity contribution in [1.29, 1.82) is 0 Å². The summed E-state index contributed by atoms with van der Waals surface area (Å²) >= 11 is 0. The van der Waals surface area contributed by atoms with Crippen molar-refractivity contribution in [2.75, 3.05) is 25.9 Å². The van der Waals surface area contributed by atoms with Crippen LogP contribution in [0, 0.1) is 0 Å². The van der Waals surface area contributed by atoms with Gasteiger partial charge in [0.1, 0.15) is 17.2 Å². The Bertz CT molecular complexity index is 992. The Morgan fingerprint density at radius 1 is 1.14 bits per heavy atom. The van der Waals surface area contributed by atoms with E-state index in [1.54, 1.807) is 40.1 Å². The van der Waals surface area contributed by atoms with E-state index in [4.69, 9.17) is 24.7 Å². The van der Waals surface area contributed by atoms with Gasteiger partial charge in [-0.2, -0.15) is 0 Å². The number of amides is 1. The fraction of sp³-hybridized carbons (Fsp3) is 0.480. The molecule has 0 saturated carbocycles. The molecule has 4 N–H and O–H groups in total. The summed E-state index contributed by atoms with van der Waals surface area (Å²) in [7, 11) is 1.61. The molecule has 190 valence electrons. The number of nitrogens with zero attached hydrogens (tertiary/aromatic N) is 1. The lowest BCUT2D eigenvalue weighted by Gasteiger charge is -2.26. The van der Waals surface area contributed by atoms with Gasteiger partial charge < -0.3 is 35.3 Å². The fourth-order valence-electron chi connectivity index (χ4n) is 3.75. The molecule has 1 fully saturated rings. The largest absolute Gasteiger partial charge is 0.509 e. The first kappa shape index (κ1) is 26.1. The lowest BCUT2D eigenvalue weighted by Crippen LogP contribution is -2.43. The van der Waals surface area contributed by atoms with E-state index >= 15 is 0 Å². The van der Waals surface area contributed by atoms with Crippen molar-refractivity contribution in [2.24, 2.45) is 0 Å². The van der Waals surface area contributed by atoms with Crippen molar-refractivity contribution in [3.05, 3.63) is 53.7 Å². The van der Waals surface area contributed by atoms with Crippen LogP contribution in [0.5, 0.6) is 5.75 Å². The second kappa shape index (κ2) is 11.7. The summed E-state index contributed by atoms with van der Waals surface area (Å²) in [6.45, 7) is 5.94. The van der Waals surface area contributed by atoms with Gasteiger partial charge in [0.05, 0.1) is 13.2 Å². The van der Waals surface area contributed by atoms with Crippen LogP contribution in [0.1, 0.15) is 31.9 Å². The van der Waals surface area contributed by atoms with Gasteiger partial charge in [-0.1, -0.05) is 12.1 Å². The molecule has 3 rings (SSSR count). The van der Waals surface area contributed by atoms with E-state index in [1.807, 2.05) is 30.3 Å². The number of rotatable bonds is 8. The molecule has 0 spiro atoms. The summed E-state index contributed by atoms with van der Waals surface area (Å²) in [6, 6.07) is 11.0. The average Bonchev–Trinajstić information content (AvgIpc) is 3.13. The molecule has 1 aliphatic rings. The SMILES string of the molecule is COc1ccc(C[C@H]2NC[C@H](OC(=O)OC(C)(C)C)[C@H]2OC(=O)NCCc2ccnc(N)c2)cc1. The summed E-state index contributed by atoms with van der Waals surface area (Å²) in [6.07, 6.45) is -0.0585. The van der Waals surface area contributed by atoms with Crippen molar-refractivity contribution in [2.45, 2.75) is 57.5 Å². The Morgan fingerprint density at radius 3 is 2.54 bits per heavy atom. The fourth-order valence-corrected chi connectivity index (χ4v) is 3.75. The Labute approximate surface area is 205 Å². The van der Waals surface area contributed by atoms with Gasteiger partial charge in [0.25, 0.3) is 0 Å². The topological polar surface area (TPSA) is 134 Å². The van der Waals surface area contributed by atoms with Crippen LogP contribution in [0.2, 0.25) is 0 Å². The molecular formula is C25H34N4O6. The number of methoxy groups -OCH3 is 1. The predicted octanol–water partition coefficient (Wildman–Crippen LogP) is 2.84. The second-order valence-electron chi connectivity index (χ2n) is 9.32. The Balaban J connectivity index is 1.63. The van der Waals surface area contributed by atoms with Crippen LogP contribution in [0.25, 0.3) is 0 Å². The number of benzene rings is 1. The van der Waals surface area contributed by atoms with Gasteiger partial charge in [-0.05, 0) is 69.0 Å².